The molecule has 2 aromatic heterocycles. The summed E-state index contributed by atoms with van der Waals surface area (Å²) >= 11 is 0. The predicted octanol–water partition coefficient (Wildman–Crippen LogP) is 3.78. The molecule has 4 aromatic rings. The third-order valence-corrected chi connectivity index (χ3v) is 3.49. The lowest BCUT2D eigenvalue weighted by Gasteiger charge is -2.00. The molecule has 0 atom stereocenters. The van der Waals surface area contributed by atoms with E-state index in [1.807, 2.05) is 30.3 Å². The highest BCUT2D eigenvalue weighted by Gasteiger charge is 2.21. The van der Waals surface area contributed by atoms with Gasteiger partial charge >= 0.3 is 5.69 Å². The van der Waals surface area contributed by atoms with Gasteiger partial charge in [0.2, 0.25) is 0 Å². The van der Waals surface area contributed by atoms with Gasteiger partial charge in [0.1, 0.15) is 11.0 Å². The summed E-state index contributed by atoms with van der Waals surface area (Å²) in [5.41, 5.74) is 2.70. The number of benzene rings is 2. The van der Waals surface area contributed by atoms with E-state index >= 15 is 0 Å². The minimum Gasteiger partial charge on any atom is -0.348 e. The Morgan fingerprint density at radius 2 is 1.70 bits per heavy atom. The van der Waals surface area contributed by atoms with Gasteiger partial charge in [-0.3, -0.25) is 10.1 Å². The molecule has 2 heterocycles. The lowest BCUT2D eigenvalue weighted by molar-refractivity contribution is -0.381. The van der Waals surface area contributed by atoms with Crippen LogP contribution in [0, 0.1) is 10.1 Å². The van der Waals surface area contributed by atoms with Crippen molar-refractivity contribution in [2.24, 2.45) is 0 Å². The van der Waals surface area contributed by atoms with Crippen LogP contribution in [-0.4, -0.2) is 14.9 Å². The molecule has 5 heteroatoms. The fraction of sp³-hybridized carbons (Fsp3) is 0. The summed E-state index contributed by atoms with van der Waals surface area (Å²) in [5, 5.41) is 12.9. The highest BCUT2D eigenvalue weighted by atomic mass is 16.6. The van der Waals surface area contributed by atoms with Gasteiger partial charge in [-0.25, -0.2) is 4.98 Å². The first kappa shape index (κ1) is 10.9. The standard InChI is InChI=1S/C15H9N3O2/c19-18(20)15-10-6-2-4-8-12(10)16-13-9-5-1-3-7-11(9)17-14(13)15/h1-8,17H. The van der Waals surface area contributed by atoms with Gasteiger partial charge in [0.25, 0.3) is 0 Å². The SMILES string of the molecule is O=[N+]([O-])c1c2ccccc2nc2c1[nH]c1ccccc12. The zero-order chi connectivity index (χ0) is 13.7. The molecular weight excluding hydrogens is 254 g/mol. The number of aromatic amines is 1. The van der Waals surface area contributed by atoms with E-state index in [0.717, 1.165) is 10.9 Å². The third-order valence-electron chi connectivity index (χ3n) is 3.49. The quantitative estimate of drug-likeness (QED) is 0.419. The molecule has 0 spiro atoms. The van der Waals surface area contributed by atoms with Crippen molar-refractivity contribution in [3.63, 3.8) is 0 Å². The largest absolute Gasteiger partial charge is 0.348 e. The van der Waals surface area contributed by atoms with Crippen molar-refractivity contribution in [3.8, 4) is 0 Å². The van der Waals surface area contributed by atoms with Gasteiger partial charge in [-0.2, -0.15) is 0 Å². The van der Waals surface area contributed by atoms with Gasteiger partial charge in [-0.15, -0.1) is 0 Å². The van der Waals surface area contributed by atoms with Crippen molar-refractivity contribution in [1.29, 1.82) is 0 Å². The second-order valence-corrected chi connectivity index (χ2v) is 4.63. The summed E-state index contributed by atoms with van der Waals surface area (Å²) in [5.74, 6) is 0. The van der Waals surface area contributed by atoms with Crippen molar-refractivity contribution in [2.75, 3.05) is 0 Å². The monoisotopic (exact) mass is 263 g/mol. The van der Waals surface area contributed by atoms with Crippen LogP contribution in [0.2, 0.25) is 0 Å². The average molecular weight is 263 g/mol. The molecule has 0 aliphatic rings. The van der Waals surface area contributed by atoms with Crippen molar-refractivity contribution in [2.45, 2.75) is 0 Å². The number of nitrogens with zero attached hydrogens (tertiary/aromatic N) is 2. The zero-order valence-electron chi connectivity index (χ0n) is 10.3. The number of fused-ring (bicyclic) bond motifs is 4. The Balaban J connectivity index is 2.34. The number of pyridine rings is 1. The minimum atomic E-state index is -0.346. The predicted molar refractivity (Wildman–Crippen MR) is 77.8 cm³/mol. The highest BCUT2D eigenvalue weighted by molar-refractivity contribution is 6.13. The van der Waals surface area contributed by atoms with Crippen LogP contribution in [0.25, 0.3) is 32.8 Å². The fourth-order valence-electron chi connectivity index (χ4n) is 2.63. The van der Waals surface area contributed by atoms with Crippen LogP contribution in [0.3, 0.4) is 0 Å². The number of nitro groups is 1. The normalized spacial score (nSPS) is 11.4. The van der Waals surface area contributed by atoms with Gasteiger partial charge < -0.3 is 4.98 Å². The summed E-state index contributed by atoms with van der Waals surface area (Å²) in [4.78, 5) is 18.8. The van der Waals surface area contributed by atoms with E-state index in [0.29, 0.717) is 21.9 Å². The molecule has 0 radical (unpaired) electrons. The first-order valence-electron chi connectivity index (χ1n) is 6.19. The van der Waals surface area contributed by atoms with Gasteiger partial charge in [-0.1, -0.05) is 30.3 Å². The van der Waals surface area contributed by atoms with Crippen molar-refractivity contribution in [1.82, 2.24) is 9.97 Å². The number of hydrogen-bond acceptors (Lipinski definition) is 3. The molecule has 0 amide bonds. The first-order chi connectivity index (χ1) is 9.75. The first-order valence-corrected chi connectivity index (χ1v) is 6.19. The Morgan fingerprint density at radius 1 is 1.00 bits per heavy atom. The highest BCUT2D eigenvalue weighted by Crippen LogP contribution is 2.35. The lowest BCUT2D eigenvalue weighted by atomic mass is 10.1. The second kappa shape index (κ2) is 3.77. The third kappa shape index (κ3) is 1.34. The van der Waals surface area contributed by atoms with Crippen molar-refractivity contribution >= 4 is 38.5 Å². The number of para-hydroxylation sites is 2. The zero-order valence-corrected chi connectivity index (χ0v) is 10.3. The number of hydrogen-bond donors (Lipinski definition) is 1. The van der Waals surface area contributed by atoms with Crippen LogP contribution < -0.4 is 0 Å². The molecule has 96 valence electrons. The van der Waals surface area contributed by atoms with Crippen molar-refractivity contribution in [3.05, 3.63) is 58.6 Å². The van der Waals surface area contributed by atoms with Gasteiger partial charge in [0, 0.05) is 10.9 Å². The number of aromatic nitrogens is 2. The maximum Gasteiger partial charge on any atom is 0.304 e. The molecule has 0 saturated carbocycles. The molecule has 20 heavy (non-hydrogen) atoms. The van der Waals surface area contributed by atoms with E-state index in [1.54, 1.807) is 18.2 Å². The molecule has 1 N–H and O–H groups in total. The maximum absolute atomic E-state index is 11.5. The summed E-state index contributed by atoms with van der Waals surface area (Å²) in [7, 11) is 0. The van der Waals surface area contributed by atoms with Crippen LogP contribution in [0.1, 0.15) is 0 Å². The van der Waals surface area contributed by atoms with E-state index in [9.17, 15) is 10.1 Å². The molecule has 0 unspecified atom stereocenters. The molecule has 2 aromatic carbocycles. The van der Waals surface area contributed by atoms with E-state index in [-0.39, 0.29) is 10.6 Å². The van der Waals surface area contributed by atoms with Crippen molar-refractivity contribution < 1.29 is 4.92 Å². The average Bonchev–Trinajstić information content (AvgIpc) is 2.82. The van der Waals surface area contributed by atoms with Crippen LogP contribution in [0.4, 0.5) is 5.69 Å². The van der Waals surface area contributed by atoms with Gasteiger partial charge in [-0.05, 0) is 18.2 Å². The Hall–Kier alpha value is -2.95. The molecule has 0 bridgehead atoms. The van der Waals surface area contributed by atoms with E-state index in [2.05, 4.69) is 9.97 Å². The summed E-state index contributed by atoms with van der Waals surface area (Å²) in [6.07, 6.45) is 0. The molecule has 0 aliphatic heterocycles. The summed E-state index contributed by atoms with van der Waals surface area (Å²) < 4.78 is 0. The Kier molecular flexibility index (Phi) is 2.06. The molecule has 0 aliphatic carbocycles. The van der Waals surface area contributed by atoms with E-state index in [1.165, 1.54) is 0 Å². The molecule has 0 saturated heterocycles. The number of H-pyrrole nitrogens is 1. The van der Waals surface area contributed by atoms with Crippen LogP contribution in [0.5, 0.6) is 0 Å². The number of nitrogens with one attached hydrogen (secondary N) is 1. The summed E-state index contributed by atoms with van der Waals surface area (Å²) in [6.45, 7) is 0. The molecular formula is C15H9N3O2. The van der Waals surface area contributed by atoms with E-state index in [4.69, 9.17) is 0 Å². The van der Waals surface area contributed by atoms with Crippen LogP contribution in [-0.2, 0) is 0 Å². The topological polar surface area (TPSA) is 71.8 Å². The van der Waals surface area contributed by atoms with E-state index < -0.39 is 0 Å². The Bertz CT molecular complexity index is 988. The smallest absolute Gasteiger partial charge is 0.304 e. The van der Waals surface area contributed by atoms with Crippen LogP contribution in [0.15, 0.2) is 48.5 Å². The summed E-state index contributed by atoms with van der Waals surface area (Å²) in [6, 6.07) is 14.7. The fourth-order valence-corrected chi connectivity index (χ4v) is 2.63. The maximum atomic E-state index is 11.5. The Labute approximate surface area is 113 Å². The Morgan fingerprint density at radius 3 is 2.50 bits per heavy atom. The molecule has 5 nitrogen and oxygen atoms in total. The lowest BCUT2D eigenvalue weighted by Crippen LogP contribution is -1.93. The second-order valence-electron chi connectivity index (χ2n) is 4.63. The minimum absolute atomic E-state index is 0.0850. The molecule has 0 fully saturated rings. The van der Waals surface area contributed by atoms with Gasteiger partial charge in [0.15, 0.2) is 0 Å². The molecule has 4 rings (SSSR count). The van der Waals surface area contributed by atoms with Gasteiger partial charge in [0.05, 0.1) is 15.8 Å². The van der Waals surface area contributed by atoms with Crippen LogP contribution >= 0.6 is 0 Å². The number of rotatable bonds is 1.